The van der Waals surface area contributed by atoms with E-state index in [4.69, 9.17) is 4.74 Å². The molecule has 0 aliphatic heterocycles. The lowest BCUT2D eigenvalue weighted by Gasteiger charge is -2.19. The molecule has 4 heteroatoms. The summed E-state index contributed by atoms with van der Waals surface area (Å²) in [5, 5.41) is 2.96. The molecule has 2 rings (SSSR count). The van der Waals surface area contributed by atoms with Gasteiger partial charge in [-0.1, -0.05) is 25.1 Å². The van der Waals surface area contributed by atoms with Crippen LogP contribution in [0.25, 0.3) is 0 Å². The quantitative estimate of drug-likeness (QED) is 0.891. The van der Waals surface area contributed by atoms with Gasteiger partial charge in [-0.2, -0.15) is 0 Å². The standard InChI is InChI=1S/C19H22FNO2/c1-5-17(14-7-6-12(2)13(3)10-14)21-19(22)15-8-9-18(23-4)16(20)11-15/h6-11,17H,5H2,1-4H3,(H,21,22)/t17-/m0/s1. The molecule has 0 aliphatic carbocycles. The smallest absolute Gasteiger partial charge is 0.251 e. The number of hydrogen-bond acceptors (Lipinski definition) is 2. The number of carbonyl (C=O) groups excluding carboxylic acids is 1. The molecule has 0 aromatic heterocycles. The first-order valence-corrected chi connectivity index (χ1v) is 7.67. The van der Waals surface area contributed by atoms with Gasteiger partial charge in [0.25, 0.3) is 5.91 Å². The molecule has 0 unspecified atom stereocenters. The third kappa shape index (κ3) is 3.89. The Balaban J connectivity index is 2.19. The van der Waals surface area contributed by atoms with E-state index in [0.717, 1.165) is 12.0 Å². The van der Waals surface area contributed by atoms with Gasteiger partial charge in [0.05, 0.1) is 13.2 Å². The van der Waals surface area contributed by atoms with E-state index in [-0.39, 0.29) is 23.3 Å². The van der Waals surface area contributed by atoms with Crippen molar-refractivity contribution in [1.29, 1.82) is 0 Å². The Morgan fingerprint density at radius 2 is 1.91 bits per heavy atom. The van der Waals surface area contributed by atoms with Crippen molar-refractivity contribution in [2.75, 3.05) is 7.11 Å². The van der Waals surface area contributed by atoms with Crippen LogP contribution in [0.4, 0.5) is 4.39 Å². The summed E-state index contributed by atoms with van der Waals surface area (Å²) in [4.78, 5) is 12.4. The van der Waals surface area contributed by atoms with Crippen LogP contribution in [-0.4, -0.2) is 13.0 Å². The summed E-state index contributed by atoms with van der Waals surface area (Å²) < 4.78 is 18.6. The maximum Gasteiger partial charge on any atom is 0.251 e. The highest BCUT2D eigenvalue weighted by molar-refractivity contribution is 5.94. The lowest BCUT2D eigenvalue weighted by molar-refractivity contribution is 0.0935. The van der Waals surface area contributed by atoms with Crippen LogP contribution < -0.4 is 10.1 Å². The summed E-state index contributed by atoms with van der Waals surface area (Å²) >= 11 is 0. The number of benzene rings is 2. The zero-order valence-corrected chi connectivity index (χ0v) is 13.9. The van der Waals surface area contributed by atoms with E-state index >= 15 is 0 Å². The van der Waals surface area contributed by atoms with E-state index in [1.165, 1.54) is 30.4 Å². The van der Waals surface area contributed by atoms with Crippen molar-refractivity contribution in [1.82, 2.24) is 5.32 Å². The molecule has 1 N–H and O–H groups in total. The normalized spacial score (nSPS) is 11.9. The van der Waals surface area contributed by atoms with E-state index in [1.54, 1.807) is 6.07 Å². The van der Waals surface area contributed by atoms with Gasteiger partial charge in [-0.05, 0) is 55.2 Å². The van der Waals surface area contributed by atoms with Crippen LogP contribution in [0, 0.1) is 19.7 Å². The van der Waals surface area contributed by atoms with E-state index in [9.17, 15) is 9.18 Å². The maximum atomic E-state index is 13.7. The molecule has 2 aromatic rings. The van der Waals surface area contributed by atoms with E-state index in [1.807, 2.05) is 26.0 Å². The van der Waals surface area contributed by atoms with Crippen molar-refractivity contribution in [3.63, 3.8) is 0 Å². The minimum Gasteiger partial charge on any atom is -0.494 e. The Bertz CT molecular complexity index is 713. The maximum absolute atomic E-state index is 13.7. The number of rotatable bonds is 5. The highest BCUT2D eigenvalue weighted by atomic mass is 19.1. The molecule has 0 spiro atoms. The largest absolute Gasteiger partial charge is 0.494 e. The SMILES string of the molecule is CC[C@H](NC(=O)c1ccc(OC)c(F)c1)c1ccc(C)c(C)c1. The van der Waals surface area contributed by atoms with Crippen LogP contribution in [0.5, 0.6) is 5.75 Å². The van der Waals surface area contributed by atoms with Gasteiger partial charge < -0.3 is 10.1 Å². The summed E-state index contributed by atoms with van der Waals surface area (Å²) in [7, 11) is 1.39. The predicted molar refractivity (Wildman–Crippen MR) is 89.4 cm³/mol. The first-order chi connectivity index (χ1) is 11.0. The average molecular weight is 315 g/mol. The lowest BCUT2D eigenvalue weighted by atomic mass is 9.99. The van der Waals surface area contributed by atoms with Gasteiger partial charge in [-0.25, -0.2) is 4.39 Å². The molecule has 0 heterocycles. The topological polar surface area (TPSA) is 38.3 Å². The molecule has 1 atom stereocenters. The zero-order valence-electron chi connectivity index (χ0n) is 13.9. The first kappa shape index (κ1) is 17.0. The van der Waals surface area contributed by atoms with E-state index in [0.29, 0.717) is 0 Å². The second-order valence-electron chi connectivity index (χ2n) is 5.63. The molecule has 0 bridgehead atoms. The molecule has 1 amide bonds. The van der Waals surface area contributed by atoms with Crippen molar-refractivity contribution in [3.05, 3.63) is 64.5 Å². The minimum atomic E-state index is -0.542. The van der Waals surface area contributed by atoms with Gasteiger partial charge >= 0.3 is 0 Å². The lowest BCUT2D eigenvalue weighted by Crippen LogP contribution is -2.28. The molecular formula is C19H22FNO2. The van der Waals surface area contributed by atoms with Crippen LogP contribution in [0.2, 0.25) is 0 Å². The fourth-order valence-electron chi connectivity index (χ4n) is 2.45. The fourth-order valence-corrected chi connectivity index (χ4v) is 2.45. The van der Waals surface area contributed by atoms with Crippen molar-refractivity contribution < 1.29 is 13.9 Å². The van der Waals surface area contributed by atoms with Crippen molar-refractivity contribution in [3.8, 4) is 5.75 Å². The Labute approximate surface area is 136 Å². The number of halogens is 1. The third-order valence-corrected chi connectivity index (χ3v) is 4.06. The van der Waals surface area contributed by atoms with Gasteiger partial charge in [0.1, 0.15) is 0 Å². The predicted octanol–water partition coefficient (Wildman–Crippen LogP) is 4.33. The number of methoxy groups -OCH3 is 1. The molecule has 0 saturated heterocycles. The van der Waals surface area contributed by atoms with Gasteiger partial charge in [-0.15, -0.1) is 0 Å². The second kappa shape index (κ2) is 7.27. The van der Waals surface area contributed by atoms with Crippen LogP contribution in [-0.2, 0) is 0 Å². The summed E-state index contributed by atoms with van der Waals surface area (Å²) in [5.74, 6) is -0.709. The highest BCUT2D eigenvalue weighted by Gasteiger charge is 2.16. The summed E-state index contributed by atoms with van der Waals surface area (Å²) in [5.41, 5.74) is 3.74. The van der Waals surface area contributed by atoms with Gasteiger partial charge in [0.15, 0.2) is 11.6 Å². The van der Waals surface area contributed by atoms with Crippen LogP contribution in [0.3, 0.4) is 0 Å². The van der Waals surface area contributed by atoms with Crippen LogP contribution in [0.1, 0.15) is 46.4 Å². The minimum absolute atomic E-state index is 0.105. The van der Waals surface area contributed by atoms with E-state index in [2.05, 4.69) is 18.3 Å². The molecule has 122 valence electrons. The highest BCUT2D eigenvalue weighted by Crippen LogP contribution is 2.22. The molecule has 0 saturated carbocycles. The molecule has 23 heavy (non-hydrogen) atoms. The first-order valence-electron chi connectivity index (χ1n) is 7.67. The van der Waals surface area contributed by atoms with Crippen molar-refractivity contribution in [2.24, 2.45) is 0 Å². The zero-order chi connectivity index (χ0) is 17.0. The number of carbonyl (C=O) groups is 1. The number of hydrogen-bond donors (Lipinski definition) is 1. The molecular weight excluding hydrogens is 293 g/mol. The molecule has 3 nitrogen and oxygen atoms in total. The van der Waals surface area contributed by atoms with Crippen LogP contribution in [0.15, 0.2) is 36.4 Å². The number of amides is 1. The number of nitrogens with one attached hydrogen (secondary N) is 1. The fraction of sp³-hybridized carbons (Fsp3) is 0.316. The Morgan fingerprint density at radius 3 is 2.48 bits per heavy atom. The van der Waals surface area contributed by atoms with Crippen molar-refractivity contribution >= 4 is 5.91 Å². The number of aryl methyl sites for hydroxylation is 2. The van der Waals surface area contributed by atoms with Crippen molar-refractivity contribution in [2.45, 2.75) is 33.2 Å². The van der Waals surface area contributed by atoms with Gasteiger partial charge in [0, 0.05) is 5.56 Å². The van der Waals surface area contributed by atoms with Gasteiger partial charge in [0.2, 0.25) is 0 Å². The molecule has 0 fully saturated rings. The van der Waals surface area contributed by atoms with E-state index < -0.39 is 5.82 Å². The molecule has 0 radical (unpaired) electrons. The Kier molecular flexibility index (Phi) is 5.37. The third-order valence-electron chi connectivity index (χ3n) is 4.06. The van der Waals surface area contributed by atoms with Crippen LogP contribution >= 0.6 is 0 Å². The van der Waals surface area contributed by atoms with Gasteiger partial charge in [-0.3, -0.25) is 4.79 Å². The number of ether oxygens (including phenoxy) is 1. The molecule has 2 aromatic carbocycles. The Morgan fingerprint density at radius 1 is 1.17 bits per heavy atom. The monoisotopic (exact) mass is 315 g/mol. The molecule has 0 aliphatic rings. The Hall–Kier alpha value is -2.36. The summed E-state index contributed by atoms with van der Waals surface area (Å²) in [6.45, 7) is 6.11. The summed E-state index contributed by atoms with van der Waals surface area (Å²) in [6.07, 6.45) is 0.757. The summed E-state index contributed by atoms with van der Waals surface area (Å²) in [6, 6.07) is 10.3. The second-order valence-corrected chi connectivity index (χ2v) is 5.63. The average Bonchev–Trinajstić information content (AvgIpc) is 2.55.